The number of rotatable bonds is 10. The molecule has 0 spiro atoms. The Bertz CT molecular complexity index is 903. The van der Waals surface area contributed by atoms with E-state index in [4.69, 9.17) is 27.9 Å². The monoisotopic (exact) mass is 444 g/mol. The van der Waals surface area contributed by atoms with E-state index >= 15 is 0 Å². The van der Waals surface area contributed by atoms with E-state index in [1.165, 1.54) is 18.2 Å². The highest BCUT2D eigenvalue weighted by Crippen LogP contribution is 2.26. The molecule has 0 aliphatic rings. The maximum Gasteiger partial charge on any atom is 0.261 e. The number of nitrogens with one attached hydrogen (secondary N) is 2. The van der Waals surface area contributed by atoms with E-state index in [0.717, 1.165) is 12.0 Å². The predicted octanol–water partition coefficient (Wildman–Crippen LogP) is 3.88. The summed E-state index contributed by atoms with van der Waals surface area (Å²) in [5.74, 6) is -0.0966. The lowest BCUT2D eigenvalue weighted by atomic mass is 10.1. The molecule has 0 aromatic heterocycles. The summed E-state index contributed by atoms with van der Waals surface area (Å²) in [6.45, 7) is 3.76. The van der Waals surface area contributed by atoms with E-state index in [2.05, 4.69) is 10.0 Å². The summed E-state index contributed by atoms with van der Waals surface area (Å²) < 4.78 is 32.5. The SMILES string of the molecule is CCOCCCNC(=O)Cc1ccc(NS(=O)(=O)c2ccc(Cl)c(Cl)c2)cc1. The molecule has 2 aromatic carbocycles. The first-order chi connectivity index (χ1) is 13.3. The molecule has 0 bridgehead atoms. The number of hydrogen-bond acceptors (Lipinski definition) is 4. The molecule has 0 unspecified atom stereocenters. The molecule has 6 nitrogen and oxygen atoms in total. The van der Waals surface area contributed by atoms with E-state index < -0.39 is 10.0 Å². The minimum absolute atomic E-state index is 0.0115. The van der Waals surface area contributed by atoms with Crippen LogP contribution in [-0.2, 0) is 26.0 Å². The minimum Gasteiger partial charge on any atom is -0.382 e. The lowest BCUT2D eigenvalue weighted by molar-refractivity contribution is -0.120. The fourth-order valence-electron chi connectivity index (χ4n) is 2.34. The third-order valence-corrected chi connectivity index (χ3v) is 5.88. The summed E-state index contributed by atoms with van der Waals surface area (Å²) in [7, 11) is -3.79. The highest BCUT2D eigenvalue weighted by Gasteiger charge is 2.15. The first-order valence-corrected chi connectivity index (χ1v) is 11.0. The second kappa shape index (κ2) is 10.7. The number of carbonyl (C=O) groups excluding carboxylic acids is 1. The molecule has 0 aliphatic carbocycles. The number of hydrogen-bond donors (Lipinski definition) is 2. The number of halogens is 2. The van der Waals surface area contributed by atoms with Gasteiger partial charge in [0, 0.05) is 25.4 Å². The summed E-state index contributed by atoms with van der Waals surface area (Å²) in [6.07, 6.45) is 0.976. The van der Waals surface area contributed by atoms with Gasteiger partial charge in [-0.05, 0) is 49.2 Å². The third-order valence-electron chi connectivity index (χ3n) is 3.76. The Kier molecular flexibility index (Phi) is 8.57. The normalized spacial score (nSPS) is 11.2. The van der Waals surface area contributed by atoms with Gasteiger partial charge in [0.25, 0.3) is 10.0 Å². The maximum absolute atomic E-state index is 12.4. The fourth-order valence-corrected chi connectivity index (χ4v) is 3.79. The Hall–Kier alpha value is -1.80. The zero-order valence-corrected chi connectivity index (χ0v) is 17.7. The van der Waals surface area contributed by atoms with Gasteiger partial charge in [-0.1, -0.05) is 35.3 Å². The van der Waals surface area contributed by atoms with Crippen molar-refractivity contribution in [3.8, 4) is 0 Å². The molecule has 0 fully saturated rings. The van der Waals surface area contributed by atoms with Crippen LogP contribution in [0.1, 0.15) is 18.9 Å². The zero-order chi connectivity index (χ0) is 20.6. The Morgan fingerprint density at radius 1 is 1.07 bits per heavy atom. The molecule has 2 N–H and O–H groups in total. The van der Waals surface area contributed by atoms with Gasteiger partial charge in [0.15, 0.2) is 0 Å². The van der Waals surface area contributed by atoms with Gasteiger partial charge in [-0.15, -0.1) is 0 Å². The molecule has 152 valence electrons. The molecule has 1 amide bonds. The Morgan fingerprint density at radius 2 is 1.79 bits per heavy atom. The Balaban J connectivity index is 1.91. The van der Waals surface area contributed by atoms with Crippen molar-refractivity contribution in [2.24, 2.45) is 0 Å². The van der Waals surface area contributed by atoms with Gasteiger partial charge in [0.1, 0.15) is 0 Å². The summed E-state index contributed by atoms with van der Waals surface area (Å²) in [4.78, 5) is 11.9. The van der Waals surface area contributed by atoms with Crippen molar-refractivity contribution in [3.05, 3.63) is 58.1 Å². The molecule has 0 saturated heterocycles. The summed E-state index contributed by atoms with van der Waals surface area (Å²) >= 11 is 11.7. The molecule has 9 heteroatoms. The molecular formula is C19H22Cl2N2O4S. The van der Waals surface area contributed by atoms with Gasteiger partial charge in [-0.3, -0.25) is 9.52 Å². The van der Waals surface area contributed by atoms with Crippen molar-refractivity contribution in [1.29, 1.82) is 0 Å². The lowest BCUT2D eigenvalue weighted by Gasteiger charge is -2.10. The van der Waals surface area contributed by atoms with Gasteiger partial charge in [-0.25, -0.2) is 8.42 Å². The number of ether oxygens (including phenoxy) is 1. The van der Waals surface area contributed by atoms with Gasteiger partial charge in [0.05, 0.1) is 21.4 Å². The summed E-state index contributed by atoms with van der Waals surface area (Å²) in [5.41, 5.74) is 1.16. The number of sulfonamides is 1. The predicted molar refractivity (Wildman–Crippen MR) is 112 cm³/mol. The second-order valence-corrected chi connectivity index (χ2v) is 8.45. The molecule has 0 atom stereocenters. The Labute approximate surface area is 175 Å². The van der Waals surface area contributed by atoms with Crippen molar-refractivity contribution in [2.75, 3.05) is 24.5 Å². The molecule has 0 saturated carbocycles. The summed E-state index contributed by atoms with van der Waals surface area (Å²) in [6, 6.07) is 10.7. The van der Waals surface area contributed by atoms with Gasteiger partial charge in [0.2, 0.25) is 5.91 Å². The molecule has 0 heterocycles. The van der Waals surface area contributed by atoms with Gasteiger partial charge >= 0.3 is 0 Å². The van der Waals surface area contributed by atoms with Crippen molar-refractivity contribution in [1.82, 2.24) is 5.32 Å². The zero-order valence-electron chi connectivity index (χ0n) is 15.4. The first-order valence-electron chi connectivity index (χ1n) is 8.73. The quantitative estimate of drug-likeness (QED) is 0.544. The van der Waals surface area contributed by atoms with E-state index in [-0.39, 0.29) is 27.3 Å². The van der Waals surface area contributed by atoms with Crippen LogP contribution >= 0.6 is 23.2 Å². The van der Waals surface area contributed by atoms with E-state index in [9.17, 15) is 13.2 Å². The number of amides is 1. The molecule has 28 heavy (non-hydrogen) atoms. The van der Waals surface area contributed by atoms with Crippen LogP contribution in [0.3, 0.4) is 0 Å². The van der Waals surface area contributed by atoms with Crippen molar-refractivity contribution < 1.29 is 17.9 Å². The number of carbonyl (C=O) groups is 1. The highest BCUT2D eigenvalue weighted by molar-refractivity contribution is 7.92. The smallest absolute Gasteiger partial charge is 0.261 e. The highest BCUT2D eigenvalue weighted by atomic mass is 35.5. The number of benzene rings is 2. The molecular weight excluding hydrogens is 423 g/mol. The maximum atomic E-state index is 12.4. The number of anilines is 1. The van der Waals surface area contributed by atoms with Crippen LogP contribution in [0.4, 0.5) is 5.69 Å². The lowest BCUT2D eigenvalue weighted by Crippen LogP contribution is -2.26. The van der Waals surface area contributed by atoms with E-state index in [0.29, 0.717) is 25.4 Å². The largest absolute Gasteiger partial charge is 0.382 e. The van der Waals surface area contributed by atoms with E-state index in [1.807, 2.05) is 6.92 Å². The van der Waals surface area contributed by atoms with E-state index in [1.54, 1.807) is 24.3 Å². The van der Waals surface area contributed by atoms with Gasteiger partial charge < -0.3 is 10.1 Å². The molecule has 2 aromatic rings. The average molecular weight is 445 g/mol. The van der Waals surface area contributed by atoms with Crippen LogP contribution in [0, 0.1) is 0 Å². The van der Waals surface area contributed by atoms with Crippen molar-refractivity contribution >= 4 is 44.8 Å². The molecule has 2 rings (SSSR count). The fraction of sp³-hybridized carbons (Fsp3) is 0.316. The summed E-state index contributed by atoms with van der Waals surface area (Å²) in [5, 5.41) is 3.26. The van der Waals surface area contributed by atoms with Crippen LogP contribution in [-0.4, -0.2) is 34.1 Å². The Morgan fingerprint density at radius 3 is 2.43 bits per heavy atom. The second-order valence-electron chi connectivity index (χ2n) is 5.96. The van der Waals surface area contributed by atoms with Crippen molar-refractivity contribution in [3.63, 3.8) is 0 Å². The third kappa shape index (κ3) is 6.98. The van der Waals surface area contributed by atoms with Gasteiger partial charge in [-0.2, -0.15) is 0 Å². The average Bonchev–Trinajstić information content (AvgIpc) is 2.65. The molecule has 0 radical (unpaired) electrons. The standard InChI is InChI=1S/C19H22Cl2N2O4S/c1-2-27-11-3-10-22-19(24)12-14-4-6-15(7-5-14)23-28(25,26)16-8-9-17(20)18(21)13-16/h4-9,13,23H,2-3,10-12H2,1H3,(H,22,24). The molecule has 0 aliphatic heterocycles. The first kappa shape index (κ1) is 22.5. The van der Waals surface area contributed by atoms with Crippen LogP contribution in [0.5, 0.6) is 0 Å². The van der Waals surface area contributed by atoms with Crippen LogP contribution in [0.15, 0.2) is 47.4 Å². The van der Waals surface area contributed by atoms with Crippen LogP contribution in [0.2, 0.25) is 10.0 Å². The van der Waals surface area contributed by atoms with Crippen LogP contribution < -0.4 is 10.0 Å². The van der Waals surface area contributed by atoms with Crippen molar-refractivity contribution in [2.45, 2.75) is 24.7 Å². The minimum atomic E-state index is -3.79. The topological polar surface area (TPSA) is 84.5 Å². The van der Waals surface area contributed by atoms with Crippen LogP contribution in [0.25, 0.3) is 0 Å².